The number of hydrogen-bond donors (Lipinski definition) is 0. The lowest BCUT2D eigenvalue weighted by molar-refractivity contribution is 0.934. The van der Waals surface area contributed by atoms with Gasteiger partial charge in [-0.3, -0.25) is 4.98 Å². The molecular weight excluding hydrogens is 158 g/mol. The minimum absolute atomic E-state index is 1.13. The Labute approximate surface area is 79.5 Å². The third-order valence-electron chi connectivity index (χ3n) is 2.49. The minimum Gasteiger partial charge on any atom is -0.258 e. The highest BCUT2D eigenvalue weighted by atomic mass is 14.7. The average Bonchev–Trinajstić information content (AvgIpc) is 2.53. The summed E-state index contributed by atoms with van der Waals surface area (Å²) in [6.07, 6.45) is 6.16. The number of pyridine rings is 1. The molecule has 0 saturated carbocycles. The van der Waals surface area contributed by atoms with E-state index >= 15 is 0 Å². The Morgan fingerprint density at radius 1 is 1.15 bits per heavy atom. The molecule has 68 valence electrons. The number of hydrogen-bond acceptors (Lipinski definition) is 1. The second-order valence-corrected chi connectivity index (χ2v) is 3.76. The highest BCUT2D eigenvalue weighted by Gasteiger charge is 2.07. The van der Waals surface area contributed by atoms with Gasteiger partial charge in [-0.1, -0.05) is 6.08 Å². The Balaban J connectivity index is 2.39. The molecular formula is C12H15N. The number of allylic oxidation sites excluding steroid dienone is 2. The van der Waals surface area contributed by atoms with Crippen molar-refractivity contribution < 1.29 is 0 Å². The first-order valence-electron chi connectivity index (χ1n) is 4.90. The molecule has 2 rings (SSSR count). The molecule has 1 aliphatic carbocycles. The lowest BCUT2D eigenvalue weighted by atomic mass is 10.1. The van der Waals surface area contributed by atoms with Crippen LogP contribution >= 0.6 is 0 Å². The van der Waals surface area contributed by atoms with Crippen molar-refractivity contribution in [1.82, 2.24) is 4.98 Å². The molecule has 0 fully saturated rings. The van der Waals surface area contributed by atoms with Crippen molar-refractivity contribution in [2.75, 3.05) is 0 Å². The molecule has 0 unspecified atom stereocenters. The molecule has 1 aliphatic rings. The van der Waals surface area contributed by atoms with Gasteiger partial charge in [0, 0.05) is 11.4 Å². The van der Waals surface area contributed by atoms with E-state index in [0.717, 1.165) is 11.4 Å². The number of aromatic nitrogens is 1. The highest BCUT2D eigenvalue weighted by Crippen LogP contribution is 2.27. The van der Waals surface area contributed by atoms with E-state index in [4.69, 9.17) is 0 Å². The van der Waals surface area contributed by atoms with E-state index in [9.17, 15) is 0 Å². The third-order valence-corrected chi connectivity index (χ3v) is 2.49. The zero-order valence-electron chi connectivity index (χ0n) is 8.30. The predicted molar refractivity (Wildman–Crippen MR) is 55.5 cm³/mol. The molecule has 13 heavy (non-hydrogen) atoms. The Kier molecular flexibility index (Phi) is 2.17. The van der Waals surface area contributed by atoms with Gasteiger partial charge >= 0.3 is 0 Å². The average molecular weight is 173 g/mol. The summed E-state index contributed by atoms with van der Waals surface area (Å²) in [5.74, 6) is 0. The maximum atomic E-state index is 4.38. The van der Waals surface area contributed by atoms with Gasteiger partial charge in [-0.15, -0.1) is 0 Å². The second kappa shape index (κ2) is 3.33. The van der Waals surface area contributed by atoms with Gasteiger partial charge in [0.15, 0.2) is 0 Å². The first-order valence-corrected chi connectivity index (χ1v) is 4.90. The Morgan fingerprint density at radius 2 is 1.85 bits per heavy atom. The summed E-state index contributed by atoms with van der Waals surface area (Å²) >= 11 is 0. The largest absolute Gasteiger partial charge is 0.258 e. The van der Waals surface area contributed by atoms with Crippen LogP contribution < -0.4 is 0 Å². The summed E-state index contributed by atoms with van der Waals surface area (Å²) in [5, 5.41) is 0. The topological polar surface area (TPSA) is 12.9 Å². The van der Waals surface area contributed by atoms with Crippen LogP contribution in [-0.4, -0.2) is 4.98 Å². The quantitative estimate of drug-likeness (QED) is 0.635. The van der Waals surface area contributed by atoms with Crippen LogP contribution in [0.3, 0.4) is 0 Å². The van der Waals surface area contributed by atoms with Crippen LogP contribution in [0.5, 0.6) is 0 Å². The number of aryl methyl sites for hydroxylation is 2. The molecule has 0 spiro atoms. The van der Waals surface area contributed by atoms with Crippen molar-refractivity contribution in [3.8, 4) is 0 Å². The number of rotatable bonds is 1. The smallest absolute Gasteiger partial charge is 0.0381 e. The molecule has 1 aromatic rings. The zero-order chi connectivity index (χ0) is 9.26. The first-order chi connectivity index (χ1) is 6.25. The van der Waals surface area contributed by atoms with E-state index in [1.54, 1.807) is 0 Å². The maximum Gasteiger partial charge on any atom is 0.0381 e. The lowest BCUT2D eigenvalue weighted by Gasteiger charge is -2.04. The predicted octanol–water partition coefficient (Wildman–Crippen LogP) is 3.27. The normalized spacial score (nSPS) is 16.0. The zero-order valence-corrected chi connectivity index (χ0v) is 8.30. The Hall–Kier alpha value is -1.11. The van der Waals surface area contributed by atoms with E-state index < -0.39 is 0 Å². The minimum atomic E-state index is 1.13. The fraction of sp³-hybridized carbons (Fsp3) is 0.417. The Morgan fingerprint density at radius 3 is 2.38 bits per heavy atom. The number of nitrogens with zero attached hydrogens (tertiary/aromatic N) is 1. The fourth-order valence-corrected chi connectivity index (χ4v) is 1.95. The van der Waals surface area contributed by atoms with Crippen molar-refractivity contribution >= 4 is 5.57 Å². The van der Waals surface area contributed by atoms with Crippen LogP contribution in [-0.2, 0) is 0 Å². The van der Waals surface area contributed by atoms with E-state index in [1.165, 1.54) is 30.4 Å². The maximum absolute atomic E-state index is 4.38. The molecule has 1 heterocycles. The second-order valence-electron chi connectivity index (χ2n) is 3.76. The van der Waals surface area contributed by atoms with Crippen molar-refractivity contribution in [2.24, 2.45) is 0 Å². The molecule has 0 bridgehead atoms. The molecule has 0 aliphatic heterocycles. The molecule has 1 aromatic heterocycles. The van der Waals surface area contributed by atoms with Gasteiger partial charge in [0.05, 0.1) is 0 Å². The lowest BCUT2D eigenvalue weighted by Crippen LogP contribution is -1.89. The summed E-state index contributed by atoms with van der Waals surface area (Å²) < 4.78 is 0. The van der Waals surface area contributed by atoms with E-state index in [-0.39, 0.29) is 0 Å². The van der Waals surface area contributed by atoms with Crippen LogP contribution in [0.4, 0.5) is 0 Å². The molecule has 0 saturated heterocycles. The van der Waals surface area contributed by atoms with Gasteiger partial charge < -0.3 is 0 Å². The molecule has 1 heteroatoms. The first kappa shape index (κ1) is 8.49. The van der Waals surface area contributed by atoms with Gasteiger partial charge in [-0.25, -0.2) is 0 Å². The third kappa shape index (κ3) is 1.80. The summed E-state index contributed by atoms with van der Waals surface area (Å²) in [5.41, 5.74) is 5.14. The van der Waals surface area contributed by atoms with Gasteiger partial charge in [0.2, 0.25) is 0 Å². The van der Waals surface area contributed by atoms with Crippen LogP contribution in [0.2, 0.25) is 0 Å². The van der Waals surface area contributed by atoms with E-state index in [0.29, 0.717) is 0 Å². The van der Waals surface area contributed by atoms with E-state index in [2.05, 4.69) is 37.0 Å². The highest BCUT2D eigenvalue weighted by molar-refractivity contribution is 5.67. The fourth-order valence-electron chi connectivity index (χ4n) is 1.95. The van der Waals surface area contributed by atoms with Crippen molar-refractivity contribution in [3.63, 3.8) is 0 Å². The molecule has 0 atom stereocenters. The summed E-state index contributed by atoms with van der Waals surface area (Å²) in [6.45, 7) is 4.12. The van der Waals surface area contributed by atoms with Crippen LogP contribution in [0, 0.1) is 13.8 Å². The standard InChI is InChI=1S/C12H15N/c1-9-7-12(8-10(2)13-9)11-5-3-4-6-11/h5,7-8H,3-4,6H2,1-2H3. The summed E-state index contributed by atoms with van der Waals surface area (Å²) in [6, 6.07) is 4.37. The van der Waals surface area contributed by atoms with Crippen molar-refractivity contribution in [2.45, 2.75) is 33.1 Å². The molecule has 0 N–H and O–H groups in total. The van der Waals surface area contributed by atoms with Crippen LogP contribution in [0.15, 0.2) is 18.2 Å². The molecule has 0 aromatic carbocycles. The van der Waals surface area contributed by atoms with Crippen LogP contribution in [0.25, 0.3) is 5.57 Å². The van der Waals surface area contributed by atoms with Gasteiger partial charge in [0.25, 0.3) is 0 Å². The Bertz CT molecular complexity index is 330. The van der Waals surface area contributed by atoms with Gasteiger partial charge in [-0.05, 0) is 56.4 Å². The summed E-state index contributed by atoms with van der Waals surface area (Å²) in [4.78, 5) is 4.38. The monoisotopic (exact) mass is 173 g/mol. The SMILES string of the molecule is Cc1cc(C2=CCCC2)cc(C)n1. The van der Waals surface area contributed by atoms with E-state index in [1.807, 2.05) is 0 Å². The van der Waals surface area contributed by atoms with Crippen LogP contribution in [0.1, 0.15) is 36.2 Å². The molecule has 1 nitrogen and oxygen atoms in total. The van der Waals surface area contributed by atoms with Crippen molar-refractivity contribution in [3.05, 3.63) is 35.2 Å². The summed E-state index contributed by atoms with van der Waals surface area (Å²) in [7, 11) is 0. The van der Waals surface area contributed by atoms with Gasteiger partial charge in [0.1, 0.15) is 0 Å². The molecule has 0 amide bonds. The van der Waals surface area contributed by atoms with Gasteiger partial charge in [-0.2, -0.15) is 0 Å². The van der Waals surface area contributed by atoms with Crippen molar-refractivity contribution in [1.29, 1.82) is 0 Å². The molecule has 0 radical (unpaired) electrons.